The fourth-order valence-corrected chi connectivity index (χ4v) is 2.84. The summed E-state index contributed by atoms with van der Waals surface area (Å²) in [6.07, 6.45) is 4.76. The molecule has 138 valence electrons. The van der Waals surface area contributed by atoms with Gasteiger partial charge in [0.25, 0.3) is 5.91 Å². The van der Waals surface area contributed by atoms with Gasteiger partial charge in [-0.05, 0) is 24.8 Å². The minimum absolute atomic E-state index is 0.0513. The van der Waals surface area contributed by atoms with Crippen LogP contribution >= 0.6 is 0 Å². The van der Waals surface area contributed by atoms with Gasteiger partial charge in [0.1, 0.15) is 0 Å². The highest BCUT2D eigenvalue weighted by Crippen LogP contribution is 2.29. The molecular formula is C18H22N4O4. The molecule has 1 saturated carbocycles. The van der Waals surface area contributed by atoms with Crippen LogP contribution < -0.4 is 4.74 Å². The topological polar surface area (TPSA) is 90.6 Å². The number of rotatable bonds is 8. The average Bonchev–Trinajstić information content (AvgIpc) is 3.35. The fourth-order valence-electron chi connectivity index (χ4n) is 2.84. The standard InChI is InChI=1S/C18H22N4O4/c1-24-16-5-4-13(8-19-16)18(23)22-9-14(10-22)17-20-15(21-26-17)6-7-25-11-12-2-3-12/h4-5,8,12,14H,2-3,6-7,9-11H2,1H3. The number of methoxy groups -OCH3 is 1. The van der Waals surface area contributed by atoms with E-state index in [0.29, 0.717) is 49.3 Å². The van der Waals surface area contributed by atoms with E-state index in [1.165, 1.54) is 19.0 Å². The molecule has 0 radical (unpaired) electrons. The van der Waals surface area contributed by atoms with Crippen molar-refractivity contribution >= 4 is 5.91 Å². The second-order valence-corrected chi connectivity index (χ2v) is 6.81. The van der Waals surface area contributed by atoms with Crippen LogP contribution in [0.1, 0.15) is 40.8 Å². The Bertz CT molecular complexity index is 751. The van der Waals surface area contributed by atoms with Gasteiger partial charge in [-0.2, -0.15) is 4.98 Å². The summed E-state index contributed by atoms with van der Waals surface area (Å²) < 4.78 is 15.9. The van der Waals surface area contributed by atoms with Crippen molar-refractivity contribution in [1.29, 1.82) is 0 Å². The molecule has 2 aromatic heterocycles. The number of hydrogen-bond acceptors (Lipinski definition) is 7. The maximum Gasteiger partial charge on any atom is 0.255 e. The average molecular weight is 358 g/mol. The van der Waals surface area contributed by atoms with Crippen molar-refractivity contribution in [2.45, 2.75) is 25.2 Å². The van der Waals surface area contributed by atoms with Crippen molar-refractivity contribution in [2.24, 2.45) is 5.92 Å². The predicted octanol–water partition coefficient (Wildman–Crippen LogP) is 1.68. The van der Waals surface area contributed by atoms with Crippen LogP contribution in [-0.4, -0.2) is 59.3 Å². The van der Waals surface area contributed by atoms with Crippen molar-refractivity contribution < 1.29 is 18.8 Å². The molecule has 0 aromatic carbocycles. The molecule has 0 unspecified atom stereocenters. The minimum atomic E-state index is -0.0513. The van der Waals surface area contributed by atoms with E-state index in [-0.39, 0.29) is 11.8 Å². The van der Waals surface area contributed by atoms with Gasteiger partial charge >= 0.3 is 0 Å². The van der Waals surface area contributed by atoms with E-state index in [4.69, 9.17) is 14.0 Å². The quantitative estimate of drug-likeness (QED) is 0.663. The number of pyridine rings is 1. The van der Waals surface area contributed by atoms with Crippen LogP contribution in [-0.2, 0) is 11.2 Å². The third kappa shape index (κ3) is 3.85. The van der Waals surface area contributed by atoms with Gasteiger partial charge in [0, 0.05) is 38.4 Å². The molecule has 8 nitrogen and oxygen atoms in total. The summed E-state index contributed by atoms with van der Waals surface area (Å²) in [6.45, 7) is 2.61. The zero-order valence-corrected chi connectivity index (χ0v) is 14.8. The lowest BCUT2D eigenvalue weighted by Gasteiger charge is -2.37. The summed E-state index contributed by atoms with van der Waals surface area (Å²) in [4.78, 5) is 22.6. The first-order valence-corrected chi connectivity index (χ1v) is 8.92. The van der Waals surface area contributed by atoms with Crippen molar-refractivity contribution in [3.8, 4) is 5.88 Å². The van der Waals surface area contributed by atoms with Crippen molar-refractivity contribution in [3.63, 3.8) is 0 Å². The second-order valence-electron chi connectivity index (χ2n) is 6.81. The van der Waals surface area contributed by atoms with Gasteiger partial charge in [-0.3, -0.25) is 4.79 Å². The van der Waals surface area contributed by atoms with Crippen molar-refractivity contribution in [1.82, 2.24) is 20.0 Å². The monoisotopic (exact) mass is 358 g/mol. The highest BCUT2D eigenvalue weighted by Gasteiger charge is 2.36. The lowest BCUT2D eigenvalue weighted by molar-refractivity contribution is 0.0568. The summed E-state index contributed by atoms with van der Waals surface area (Å²) in [5, 5.41) is 4.01. The number of carbonyl (C=O) groups excluding carboxylic acids is 1. The highest BCUT2D eigenvalue weighted by molar-refractivity contribution is 5.94. The molecule has 1 saturated heterocycles. The Kier molecular flexibility index (Phi) is 4.83. The van der Waals surface area contributed by atoms with Gasteiger partial charge in [0.05, 0.1) is 25.2 Å². The molecule has 0 atom stereocenters. The second kappa shape index (κ2) is 7.41. The van der Waals surface area contributed by atoms with Gasteiger partial charge in [0.2, 0.25) is 11.8 Å². The molecular weight excluding hydrogens is 336 g/mol. The number of hydrogen-bond donors (Lipinski definition) is 0. The van der Waals surface area contributed by atoms with Crippen LogP contribution in [0, 0.1) is 5.92 Å². The third-order valence-corrected chi connectivity index (χ3v) is 4.71. The number of nitrogens with zero attached hydrogens (tertiary/aromatic N) is 4. The highest BCUT2D eigenvalue weighted by atomic mass is 16.5. The smallest absolute Gasteiger partial charge is 0.255 e. The molecule has 4 rings (SSSR count). The van der Waals surface area contributed by atoms with Crippen LogP contribution in [0.4, 0.5) is 0 Å². The van der Waals surface area contributed by atoms with Gasteiger partial charge < -0.3 is 18.9 Å². The van der Waals surface area contributed by atoms with Gasteiger partial charge in [-0.25, -0.2) is 4.98 Å². The first-order valence-electron chi connectivity index (χ1n) is 8.92. The van der Waals surface area contributed by atoms with Crippen LogP contribution in [0.25, 0.3) is 0 Å². The molecule has 1 amide bonds. The number of amides is 1. The molecule has 2 aromatic rings. The zero-order chi connectivity index (χ0) is 17.9. The molecule has 0 spiro atoms. The Morgan fingerprint density at radius 1 is 1.35 bits per heavy atom. The van der Waals surface area contributed by atoms with E-state index < -0.39 is 0 Å². The van der Waals surface area contributed by atoms with Gasteiger partial charge in [0.15, 0.2) is 5.82 Å². The number of carbonyl (C=O) groups is 1. The van der Waals surface area contributed by atoms with Gasteiger partial charge in [-0.15, -0.1) is 0 Å². The maximum absolute atomic E-state index is 12.4. The molecule has 26 heavy (non-hydrogen) atoms. The first kappa shape index (κ1) is 17.0. The number of ether oxygens (including phenoxy) is 2. The summed E-state index contributed by atoms with van der Waals surface area (Å²) in [6, 6.07) is 3.40. The molecule has 0 bridgehead atoms. The zero-order valence-electron chi connectivity index (χ0n) is 14.8. The Balaban J connectivity index is 1.24. The number of likely N-dealkylation sites (tertiary alicyclic amines) is 1. The summed E-state index contributed by atoms with van der Waals surface area (Å²) in [5.41, 5.74) is 0.545. The molecule has 1 aliphatic carbocycles. The first-order chi connectivity index (χ1) is 12.7. The van der Waals surface area contributed by atoms with E-state index in [0.717, 1.165) is 12.5 Å². The van der Waals surface area contributed by atoms with E-state index in [1.807, 2.05) is 0 Å². The molecule has 3 heterocycles. The number of aromatic nitrogens is 3. The summed E-state index contributed by atoms with van der Waals surface area (Å²) in [7, 11) is 1.54. The lowest BCUT2D eigenvalue weighted by atomic mass is 9.99. The minimum Gasteiger partial charge on any atom is -0.481 e. The van der Waals surface area contributed by atoms with Crippen LogP contribution in [0.2, 0.25) is 0 Å². The summed E-state index contributed by atoms with van der Waals surface area (Å²) >= 11 is 0. The SMILES string of the molecule is COc1ccc(C(=O)N2CC(c3nc(CCOCC4CC4)no3)C2)cn1. The molecule has 2 fully saturated rings. The Hall–Kier alpha value is -2.48. The van der Waals surface area contributed by atoms with Crippen molar-refractivity contribution in [2.75, 3.05) is 33.4 Å². The Morgan fingerprint density at radius 3 is 2.88 bits per heavy atom. The largest absolute Gasteiger partial charge is 0.481 e. The maximum atomic E-state index is 12.4. The van der Waals surface area contributed by atoms with Crippen LogP contribution in [0.15, 0.2) is 22.9 Å². The lowest BCUT2D eigenvalue weighted by Crippen LogP contribution is -2.48. The fraction of sp³-hybridized carbons (Fsp3) is 0.556. The molecule has 0 N–H and O–H groups in total. The molecule has 1 aliphatic heterocycles. The van der Waals surface area contributed by atoms with E-state index >= 15 is 0 Å². The Labute approximate surface area is 151 Å². The van der Waals surface area contributed by atoms with E-state index in [2.05, 4.69) is 15.1 Å². The molecule has 8 heteroatoms. The van der Waals surface area contributed by atoms with Crippen LogP contribution in [0.3, 0.4) is 0 Å². The Morgan fingerprint density at radius 2 is 2.19 bits per heavy atom. The van der Waals surface area contributed by atoms with E-state index in [1.54, 1.807) is 24.1 Å². The van der Waals surface area contributed by atoms with Gasteiger partial charge in [-0.1, -0.05) is 5.16 Å². The van der Waals surface area contributed by atoms with E-state index in [9.17, 15) is 4.79 Å². The van der Waals surface area contributed by atoms with Crippen molar-refractivity contribution in [3.05, 3.63) is 35.6 Å². The normalized spacial score (nSPS) is 17.2. The predicted molar refractivity (Wildman–Crippen MR) is 91.0 cm³/mol. The molecule has 2 aliphatic rings. The summed E-state index contributed by atoms with van der Waals surface area (Å²) in [5.74, 6) is 2.56. The third-order valence-electron chi connectivity index (χ3n) is 4.71. The van der Waals surface area contributed by atoms with Crippen LogP contribution in [0.5, 0.6) is 5.88 Å².